The molecule has 0 unspecified atom stereocenters. The monoisotopic (exact) mass is 256 g/mol. The molecule has 0 saturated carbocycles. The molecule has 0 radical (unpaired) electrons. The van der Waals surface area contributed by atoms with Crippen molar-refractivity contribution in [1.82, 2.24) is 4.98 Å². The lowest BCUT2D eigenvalue weighted by Gasteiger charge is -2.01. The molecular weight excluding hydrogens is 244 g/mol. The van der Waals surface area contributed by atoms with Crippen LogP contribution < -0.4 is 0 Å². The van der Waals surface area contributed by atoms with Gasteiger partial charge < -0.3 is 0 Å². The summed E-state index contributed by atoms with van der Waals surface area (Å²) in [5.41, 5.74) is 3.46. The van der Waals surface area contributed by atoms with Crippen molar-refractivity contribution in [2.24, 2.45) is 0 Å². The highest BCUT2D eigenvalue weighted by atomic mass is 14.6. The van der Waals surface area contributed by atoms with Crippen molar-refractivity contribution in [2.75, 3.05) is 0 Å². The van der Waals surface area contributed by atoms with Crippen molar-refractivity contribution in [3.63, 3.8) is 0 Å². The standard InChI is InChI=1S/C18H12N2/c19-12-17(15-6-2-1-3-7-15)11-14-10-16-8-4-5-9-18(16)20-13-14/h1-11,13H/b17-11-. The topological polar surface area (TPSA) is 36.7 Å². The van der Waals surface area contributed by atoms with Gasteiger partial charge in [0.25, 0.3) is 0 Å². The number of nitriles is 1. The van der Waals surface area contributed by atoms with Crippen LogP contribution in [0, 0.1) is 11.3 Å². The van der Waals surface area contributed by atoms with Crippen LogP contribution in [0.3, 0.4) is 0 Å². The zero-order chi connectivity index (χ0) is 13.8. The molecule has 94 valence electrons. The van der Waals surface area contributed by atoms with Crippen LogP contribution in [0.25, 0.3) is 22.6 Å². The number of benzene rings is 2. The third-order valence-electron chi connectivity index (χ3n) is 3.13. The number of rotatable bonds is 2. The van der Waals surface area contributed by atoms with Crippen LogP contribution in [0.1, 0.15) is 11.1 Å². The van der Waals surface area contributed by atoms with Crippen LogP contribution in [0.2, 0.25) is 0 Å². The lowest BCUT2D eigenvalue weighted by atomic mass is 10.0. The first-order chi connectivity index (χ1) is 9.86. The van der Waals surface area contributed by atoms with Gasteiger partial charge in [-0.2, -0.15) is 5.26 Å². The van der Waals surface area contributed by atoms with Crippen LogP contribution in [0.15, 0.2) is 66.9 Å². The predicted octanol–water partition coefficient (Wildman–Crippen LogP) is 4.30. The quantitative estimate of drug-likeness (QED) is 0.641. The minimum Gasteiger partial charge on any atom is -0.256 e. The normalized spacial score (nSPS) is 11.2. The Hall–Kier alpha value is -2.92. The second-order valence-electron chi connectivity index (χ2n) is 4.50. The molecule has 0 atom stereocenters. The Balaban J connectivity index is 2.06. The molecule has 2 aromatic carbocycles. The SMILES string of the molecule is N#C/C(=C/c1cnc2ccccc2c1)c1ccccc1. The van der Waals surface area contributed by atoms with Gasteiger partial charge in [0.1, 0.15) is 0 Å². The first kappa shape index (κ1) is 12.1. The maximum absolute atomic E-state index is 9.32. The highest BCUT2D eigenvalue weighted by Crippen LogP contribution is 2.19. The van der Waals surface area contributed by atoms with E-state index in [1.165, 1.54) is 0 Å². The number of fused-ring (bicyclic) bond motifs is 1. The highest BCUT2D eigenvalue weighted by molar-refractivity contribution is 5.91. The zero-order valence-corrected chi connectivity index (χ0v) is 10.8. The van der Waals surface area contributed by atoms with Gasteiger partial charge in [0.15, 0.2) is 0 Å². The van der Waals surface area contributed by atoms with E-state index in [9.17, 15) is 5.26 Å². The number of aromatic nitrogens is 1. The Bertz CT molecular complexity index is 811. The molecule has 0 N–H and O–H groups in total. The van der Waals surface area contributed by atoms with E-state index in [-0.39, 0.29) is 0 Å². The summed E-state index contributed by atoms with van der Waals surface area (Å²) in [6.45, 7) is 0. The first-order valence-electron chi connectivity index (χ1n) is 6.39. The Morgan fingerprint density at radius 2 is 1.75 bits per heavy atom. The van der Waals surface area contributed by atoms with Gasteiger partial charge in [-0.1, -0.05) is 48.5 Å². The van der Waals surface area contributed by atoms with Gasteiger partial charge in [-0.25, -0.2) is 0 Å². The number of nitrogens with zero attached hydrogens (tertiary/aromatic N) is 2. The Morgan fingerprint density at radius 3 is 2.55 bits per heavy atom. The van der Waals surface area contributed by atoms with E-state index in [2.05, 4.69) is 11.1 Å². The molecule has 20 heavy (non-hydrogen) atoms. The molecule has 0 fully saturated rings. The maximum Gasteiger partial charge on any atom is 0.0998 e. The summed E-state index contributed by atoms with van der Waals surface area (Å²) in [5.74, 6) is 0. The lowest BCUT2D eigenvalue weighted by Crippen LogP contribution is -1.84. The molecule has 0 amide bonds. The molecule has 0 saturated heterocycles. The maximum atomic E-state index is 9.32. The number of hydrogen-bond acceptors (Lipinski definition) is 2. The largest absolute Gasteiger partial charge is 0.256 e. The molecule has 3 aromatic rings. The van der Waals surface area contributed by atoms with E-state index in [0.717, 1.165) is 22.0 Å². The van der Waals surface area contributed by atoms with Crippen molar-refractivity contribution >= 4 is 22.6 Å². The number of pyridine rings is 1. The minimum atomic E-state index is 0.641. The van der Waals surface area contributed by atoms with Crippen LogP contribution in [-0.2, 0) is 0 Å². The Morgan fingerprint density at radius 1 is 1.00 bits per heavy atom. The summed E-state index contributed by atoms with van der Waals surface area (Å²) >= 11 is 0. The van der Waals surface area contributed by atoms with E-state index in [1.807, 2.05) is 66.7 Å². The molecule has 0 aliphatic heterocycles. The van der Waals surface area contributed by atoms with E-state index in [4.69, 9.17) is 0 Å². The Kier molecular flexibility index (Phi) is 3.26. The molecular formula is C18H12N2. The van der Waals surface area contributed by atoms with Crippen LogP contribution in [-0.4, -0.2) is 4.98 Å². The summed E-state index contributed by atoms with van der Waals surface area (Å²) in [6.07, 6.45) is 3.66. The van der Waals surface area contributed by atoms with Crippen molar-refractivity contribution in [1.29, 1.82) is 5.26 Å². The van der Waals surface area contributed by atoms with Crippen molar-refractivity contribution in [3.8, 4) is 6.07 Å². The Labute approximate surface area is 117 Å². The average Bonchev–Trinajstić information content (AvgIpc) is 2.53. The fourth-order valence-corrected chi connectivity index (χ4v) is 2.13. The number of allylic oxidation sites excluding steroid dienone is 1. The summed E-state index contributed by atoms with van der Waals surface area (Å²) in [4.78, 5) is 4.41. The van der Waals surface area contributed by atoms with Crippen molar-refractivity contribution in [2.45, 2.75) is 0 Å². The average molecular weight is 256 g/mol. The number of para-hydroxylation sites is 1. The fourth-order valence-electron chi connectivity index (χ4n) is 2.13. The van der Waals surface area contributed by atoms with Gasteiger partial charge >= 0.3 is 0 Å². The van der Waals surface area contributed by atoms with Crippen LogP contribution in [0.4, 0.5) is 0 Å². The zero-order valence-electron chi connectivity index (χ0n) is 10.8. The predicted molar refractivity (Wildman–Crippen MR) is 81.7 cm³/mol. The van der Waals surface area contributed by atoms with Gasteiger partial charge in [-0.3, -0.25) is 4.98 Å². The smallest absolute Gasteiger partial charge is 0.0998 e. The van der Waals surface area contributed by atoms with Gasteiger partial charge in [0, 0.05) is 11.6 Å². The van der Waals surface area contributed by atoms with Crippen LogP contribution in [0.5, 0.6) is 0 Å². The van der Waals surface area contributed by atoms with Crippen LogP contribution >= 0.6 is 0 Å². The molecule has 0 aliphatic rings. The molecule has 2 heteroatoms. The molecule has 0 spiro atoms. The molecule has 0 bridgehead atoms. The second kappa shape index (κ2) is 5.38. The first-order valence-corrected chi connectivity index (χ1v) is 6.39. The van der Waals surface area contributed by atoms with E-state index >= 15 is 0 Å². The van der Waals surface area contributed by atoms with E-state index < -0.39 is 0 Å². The third kappa shape index (κ3) is 2.43. The third-order valence-corrected chi connectivity index (χ3v) is 3.13. The highest BCUT2D eigenvalue weighted by Gasteiger charge is 2.01. The summed E-state index contributed by atoms with van der Waals surface area (Å²) < 4.78 is 0. The summed E-state index contributed by atoms with van der Waals surface area (Å²) in [7, 11) is 0. The van der Waals surface area contributed by atoms with Gasteiger partial charge in [0.05, 0.1) is 17.2 Å². The molecule has 0 aliphatic carbocycles. The fraction of sp³-hybridized carbons (Fsp3) is 0. The van der Waals surface area contributed by atoms with Crippen molar-refractivity contribution < 1.29 is 0 Å². The van der Waals surface area contributed by atoms with E-state index in [0.29, 0.717) is 5.57 Å². The number of hydrogen-bond donors (Lipinski definition) is 0. The molecule has 1 heterocycles. The molecule has 1 aromatic heterocycles. The summed E-state index contributed by atoms with van der Waals surface area (Å²) in [5, 5.41) is 10.4. The van der Waals surface area contributed by atoms with Gasteiger partial charge in [-0.15, -0.1) is 0 Å². The molecule has 2 nitrogen and oxygen atoms in total. The lowest BCUT2D eigenvalue weighted by molar-refractivity contribution is 1.40. The van der Waals surface area contributed by atoms with E-state index in [1.54, 1.807) is 6.20 Å². The van der Waals surface area contributed by atoms with Crippen molar-refractivity contribution in [3.05, 3.63) is 78.0 Å². The molecule has 3 rings (SSSR count). The minimum absolute atomic E-state index is 0.641. The second-order valence-corrected chi connectivity index (χ2v) is 4.50. The van der Waals surface area contributed by atoms with Gasteiger partial charge in [-0.05, 0) is 29.3 Å². The summed E-state index contributed by atoms with van der Waals surface area (Å²) in [6, 6.07) is 21.9. The van der Waals surface area contributed by atoms with Gasteiger partial charge in [0.2, 0.25) is 0 Å².